The Bertz CT molecular complexity index is 676. The molecule has 0 saturated heterocycles. The van der Waals surface area contributed by atoms with E-state index in [4.69, 9.17) is 9.47 Å². The van der Waals surface area contributed by atoms with E-state index >= 15 is 0 Å². The highest BCUT2D eigenvalue weighted by Crippen LogP contribution is 2.38. The van der Waals surface area contributed by atoms with Crippen molar-refractivity contribution in [2.24, 2.45) is 0 Å². The van der Waals surface area contributed by atoms with E-state index < -0.39 is 5.97 Å². The lowest BCUT2D eigenvalue weighted by Gasteiger charge is -2.06. The zero-order valence-corrected chi connectivity index (χ0v) is 10.5. The van der Waals surface area contributed by atoms with Gasteiger partial charge in [-0.15, -0.1) is 0 Å². The number of aromatic nitrogens is 2. The Kier molecular flexibility index (Phi) is 2.45. The number of carboxylic acid groups (broad SMARTS) is 1. The third-order valence-corrected chi connectivity index (χ3v) is 3.01. The fourth-order valence-electron chi connectivity index (χ4n) is 2.14. The van der Waals surface area contributed by atoms with Crippen LogP contribution in [-0.2, 0) is 0 Å². The number of nitrogens with one attached hydrogen (secondary N) is 1. The average Bonchev–Trinajstić information content (AvgIpc) is 2.93. The molecule has 2 aromatic rings. The molecule has 0 aliphatic carbocycles. The molecule has 1 aliphatic heterocycles. The van der Waals surface area contributed by atoms with Gasteiger partial charge >= 0.3 is 5.97 Å². The van der Waals surface area contributed by atoms with Gasteiger partial charge in [0.25, 0.3) is 0 Å². The van der Waals surface area contributed by atoms with Crippen LogP contribution in [0.1, 0.15) is 21.9 Å². The fourth-order valence-corrected chi connectivity index (χ4v) is 2.14. The molecule has 0 unspecified atom stereocenters. The zero-order valence-electron chi connectivity index (χ0n) is 10.5. The highest BCUT2D eigenvalue weighted by atomic mass is 16.7. The number of rotatable bonds is 2. The Morgan fingerprint density at radius 3 is 2.68 bits per heavy atom. The molecule has 0 radical (unpaired) electrons. The van der Waals surface area contributed by atoms with E-state index in [1.165, 1.54) is 0 Å². The van der Waals surface area contributed by atoms with Crippen LogP contribution in [0.3, 0.4) is 0 Å². The summed E-state index contributed by atoms with van der Waals surface area (Å²) in [5.74, 6) is 0.806. The molecule has 2 heterocycles. The molecule has 0 amide bonds. The smallest absolute Gasteiger partial charge is 0.354 e. The number of aryl methyl sites for hydroxylation is 2. The van der Waals surface area contributed by atoms with Crippen molar-refractivity contribution < 1.29 is 19.4 Å². The molecule has 6 nitrogen and oxygen atoms in total. The molecule has 1 aromatic carbocycles. The van der Waals surface area contributed by atoms with E-state index in [0.717, 1.165) is 11.1 Å². The van der Waals surface area contributed by atoms with Crippen LogP contribution in [-0.4, -0.2) is 27.8 Å². The van der Waals surface area contributed by atoms with Crippen LogP contribution in [0.15, 0.2) is 12.1 Å². The maximum atomic E-state index is 11.2. The number of hydrogen-bond donors (Lipinski definition) is 2. The number of H-pyrrole nitrogens is 1. The molecule has 3 rings (SSSR count). The fraction of sp³-hybridized carbons (Fsp3) is 0.231. The number of imidazole rings is 1. The van der Waals surface area contributed by atoms with Gasteiger partial charge in [-0.3, -0.25) is 0 Å². The van der Waals surface area contributed by atoms with Crippen molar-refractivity contribution in [2.75, 3.05) is 6.79 Å². The van der Waals surface area contributed by atoms with E-state index in [2.05, 4.69) is 9.97 Å². The van der Waals surface area contributed by atoms with Gasteiger partial charge in [0.1, 0.15) is 11.5 Å². The van der Waals surface area contributed by atoms with Gasteiger partial charge in [-0.1, -0.05) is 0 Å². The number of aromatic carboxylic acids is 1. The number of ether oxygens (including phenoxy) is 2. The van der Waals surface area contributed by atoms with Crippen LogP contribution in [0, 0.1) is 13.8 Å². The van der Waals surface area contributed by atoms with E-state index in [1.807, 2.05) is 13.0 Å². The van der Waals surface area contributed by atoms with Gasteiger partial charge in [-0.25, -0.2) is 9.78 Å². The van der Waals surface area contributed by atoms with Gasteiger partial charge in [0.2, 0.25) is 6.79 Å². The van der Waals surface area contributed by atoms with Crippen molar-refractivity contribution in [3.8, 4) is 22.8 Å². The minimum Gasteiger partial charge on any atom is -0.477 e. The van der Waals surface area contributed by atoms with Crippen molar-refractivity contribution in [1.29, 1.82) is 0 Å². The van der Waals surface area contributed by atoms with Gasteiger partial charge < -0.3 is 19.6 Å². The normalized spacial score (nSPS) is 12.7. The Balaban J connectivity index is 2.20. The molecule has 0 saturated carbocycles. The third-order valence-electron chi connectivity index (χ3n) is 3.01. The minimum absolute atomic E-state index is 0.0828. The second kappa shape index (κ2) is 4.01. The molecular formula is C13H12N2O4. The number of nitrogens with zero attached hydrogens (tertiary/aromatic N) is 1. The number of hydrogen-bond acceptors (Lipinski definition) is 4. The highest BCUT2D eigenvalue weighted by Gasteiger charge is 2.22. The largest absolute Gasteiger partial charge is 0.477 e. The lowest BCUT2D eigenvalue weighted by molar-refractivity contribution is 0.0692. The highest BCUT2D eigenvalue weighted by molar-refractivity contribution is 5.93. The maximum Gasteiger partial charge on any atom is 0.354 e. The standard InChI is InChI=1S/C13H12N2O4/c1-6-3-9-10(19-5-18-9)4-8(6)11-12(13(16)17)15-7(2)14-11/h3-4H,5H2,1-2H3,(H,14,15)(H,16,17). The van der Waals surface area contributed by atoms with Gasteiger partial charge in [-0.2, -0.15) is 0 Å². The van der Waals surface area contributed by atoms with Crippen LogP contribution in [0.25, 0.3) is 11.3 Å². The van der Waals surface area contributed by atoms with E-state index in [1.54, 1.807) is 13.0 Å². The molecule has 1 aliphatic rings. The Hall–Kier alpha value is -2.50. The summed E-state index contributed by atoms with van der Waals surface area (Å²) in [4.78, 5) is 18.2. The molecule has 6 heteroatoms. The predicted molar refractivity (Wildman–Crippen MR) is 66.6 cm³/mol. The number of aromatic amines is 1. The van der Waals surface area contributed by atoms with Crippen molar-refractivity contribution in [1.82, 2.24) is 9.97 Å². The number of benzene rings is 1. The molecule has 2 N–H and O–H groups in total. The van der Waals surface area contributed by atoms with E-state index in [0.29, 0.717) is 23.0 Å². The number of carboxylic acids is 1. The summed E-state index contributed by atoms with van der Waals surface area (Å²) < 4.78 is 10.6. The van der Waals surface area contributed by atoms with Crippen LogP contribution in [0.4, 0.5) is 0 Å². The summed E-state index contributed by atoms with van der Waals surface area (Å²) in [6, 6.07) is 3.59. The molecule has 0 fully saturated rings. The molecule has 98 valence electrons. The number of fused-ring (bicyclic) bond motifs is 1. The summed E-state index contributed by atoms with van der Waals surface area (Å²) in [6.45, 7) is 3.79. The van der Waals surface area contributed by atoms with Crippen molar-refractivity contribution in [2.45, 2.75) is 13.8 Å². The van der Waals surface area contributed by atoms with Crippen LogP contribution >= 0.6 is 0 Å². The second-order valence-corrected chi connectivity index (χ2v) is 4.37. The first-order chi connectivity index (χ1) is 9.06. The first kappa shape index (κ1) is 11.6. The van der Waals surface area contributed by atoms with Crippen LogP contribution in [0.5, 0.6) is 11.5 Å². The van der Waals surface area contributed by atoms with Crippen molar-refractivity contribution in [3.63, 3.8) is 0 Å². The van der Waals surface area contributed by atoms with Crippen LogP contribution in [0.2, 0.25) is 0 Å². The molecule has 0 atom stereocenters. The van der Waals surface area contributed by atoms with Gasteiger partial charge in [-0.05, 0) is 31.5 Å². The minimum atomic E-state index is -1.03. The Labute approximate surface area is 109 Å². The summed E-state index contributed by atoms with van der Waals surface area (Å²) in [5, 5.41) is 9.20. The summed E-state index contributed by atoms with van der Waals surface area (Å²) >= 11 is 0. The predicted octanol–water partition coefficient (Wildman–Crippen LogP) is 2.12. The average molecular weight is 260 g/mol. The second-order valence-electron chi connectivity index (χ2n) is 4.37. The number of carbonyl (C=O) groups is 1. The third kappa shape index (κ3) is 1.81. The van der Waals surface area contributed by atoms with Gasteiger partial charge in [0.05, 0.1) is 0 Å². The van der Waals surface area contributed by atoms with Crippen molar-refractivity contribution in [3.05, 3.63) is 29.2 Å². The Morgan fingerprint density at radius 2 is 2.00 bits per heavy atom. The quantitative estimate of drug-likeness (QED) is 0.864. The summed E-state index contributed by atoms with van der Waals surface area (Å²) in [7, 11) is 0. The summed E-state index contributed by atoms with van der Waals surface area (Å²) in [6.07, 6.45) is 0. The first-order valence-corrected chi connectivity index (χ1v) is 5.77. The molecule has 19 heavy (non-hydrogen) atoms. The van der Waals surface area contributed by atoms with Gasteiger partial charge in [0.15, 0.2) is 17.2 Å². The molecule has 0 spiro atoms. The topological polar surface area (TPSA) is 84.4 Å². The van der Waals surface area contributed by atoms with E-state index in [9.17, 15) is 9.90 Å². The summed E-state index contributed by atoms with van der Waals surface area (Å²) in [5.41, 5.74) is 2.12. The monoisotopic (exact) mass is 260 g/mol. The molecule has 1 aromatic heterocycles. The lowest BCUT2D eigenvalue weighted by Crippen LogP contribution is -2.00. The lowest BCUT2D eigenvalue weighted by atomic mass is 10.0. The zero-order chi connectivity index (χ0) is 13.6. The maximum absolute atomic E-state index is 11.2. The Morgan fingerprint density at radius 1 is 1.32 bits per heavy atom. The van der Waals surface area contributed by atoms with Crippen molar-refractivity contribution >= 4 is 5.97 Å². The molecular weight excluding hydrogens is 248 g/mol. The SMILES string of the molecule is Cc1nc(-c2cc3c(cc2C)OCO3)c(C(=O)O)[nH]1. The van der Waals surface area contributed by atoms with Gasteiger partial charge in [0, 0.05) is 5.56 Å². The van der Waals surface area contributed by atoms with Crippen LogP contribution < -0.4 is 9.47 Å². The molecule has 0 bridgehead atoms. The van der Waals surface area contributed by atoms with E-state index in [-0.39, 0.29) is 12.5 Å². The first-order valence-electron chi connectivity index (χ1n) is 5.77.